The number of benzene rings is 1. The number of aromatic nitrogens is 2. The third-order valence-corrected chi connectivity index (χ3v) is 6.67. The van der Waals surface area contributed by atoms with Crippen molar-refractivity contribution < 1.29 is 18.9 Å². The van der Waals surface area contributed by atoms with E-state index in [1.807, 2.05) is 20.8 Å². The van der Waals surface area contributed by atoms with Crippen molar-refractivity contribution in [3.05, 3.63) is 47.5 Å². The Kier molecular flexibility index (Phi) is 6.99. The van der Waals surface area contributed by atoms with Gasteiger partial charge >= 0.3 is 0 Å². The van der Waals surface area contributed by atoms with E-state index in [0.717, 1.165) is 5.69 Å². The number of nitrogens with one attached hydrogen (secondary N) is 1. The molecule has 0 fully saturated rings. The van der Waals surface area contributed by atoms with Crippen LogP contribution < -0.4 is 10.1 Å². The normalized spacial score (nSPS) is 13.9. The van der Waals surface area contributed by atoms with Crippen LogP contribution in [0.4, 0.5) is 5.82 Å². The fraction of sp³-hybridized carbons (Fsp3) is 0.368. The Labute approximate surface area is 159 Å². The lowest BCUT2D eigenvalue weighted by molar-refractivity contribution is 0.342. The van der Waals surface area contributed by atoms with Gasteiger partial charge in [0.15, 0.2) is 11.5 Å². The number of anilines is 1. The van der Waals surface area contributed by atoms with Crippen LogP contribution in [0.15, 0.2) is 30.7 Å². The number of nitrogens with zero attached hydrogens (tertiary/aromatic N) is 2. The van der Waals surface area contributed by atoms with Gasteiger partial charge in [0.25, 0.3) is 0 Å². The molecule has 8 heteroatoms. The Hall–Kier alpha value is -2.37. The number of aryl methyl sites for hydroxylation is 2. The molecule has 27 heavy (non-hydrogen) atoms. The minimum absolute atomic E-state index is 0.0562. The highest BCUT2D eigenvalue weighted by molar-refractivity contribution is 7.69. The lowest BCUT2D eigenvalue weighted by Crippen LogP contribution is -2.02. The Morgan fingerprint density at radius 1 is 1.26 bits per heavy atom. The predicted molar refractivity (Wildman–Crippen MR) is 108 cm³/mol. The zero-order chi connectivity index (χ0) is 20.0. The highest BCUT2D eigenvalue weighted by Gasteiger charge is 2.28. The molecule has 0 bridgehead atoms. The van der Waals surface area contributed by atoms with Gasteiger partial charge < -0.3 is 19.7 Å². The Bertz CT molecular complexity index is 866. The maximum absolute atomic E-state index is 13.5. The summed E-state index contributed by atoms with van der Waals surface area (Å²) in [7, 11) is -1.65. The van der Waals surface area contributed by atoms with E-state index in [9.17, 15) is 9.67 Å². The first-order chi connectivity index (χ1) is 12.8. The summed E-state index contributed by atoms with van der Waals surface area (Å²) >= 11 is 0. The van der Waals surface area contributed by atoms with E-state index in [2.05, 4.69) is 15.3 Å². The maximum Gasteiger partial charge on any atom is 0.233 e. The molecule has 0 saturated heterocycles. The number of hydrogen-bond donors (Lipinski definition) is 2. The van der Waals surface area contributed by atoms with Crippen molar-refractivity contribution in [1.29, 1.82) is 0 Å². The van der Waals surface area contributed by atoms with Crippen LogP contribution in [-0.4, -0.2) is 35.0 Å². The van der Waals surface area contributed by atoms with E-state index in [1.165, 1.54) is 7.11 Å². The topological polar surface area (TPSA) is 93.6 Å². The zero-order valence-corrected chi connectivity index (χ0v) is 17.2. The first-order valence-electron chi connectivity index (χ1n) is 8.72. The zero-order valence-electron chi connectivity index (χ0n) is 16.3. The van der Waals surface area contributed by atoms with Crippen molar-refractivity contribution in [3.63, 3.8) is 0 Å². The fourth-order valence-corrected chi connectivity index (χ4v) is 4.44. The molecule has 1 atom stereocenters. The van der Waals surface area contributed by atoms with Crippen LogP contribution in [-0.2, 0) is 9.09 Å². The monoisotopic (exact) mass is 391 g/mol. The molecular formula is C19H26N3O4P. The number of phenols is 1. The number of aromatic hydroxyl groups is 1. The molecule has 0 spiro atoms. The fourth-order valence-electron chi connectivity index (χ4n) is 2.58. The Morgan fingerprint density at radius 3 is 2.56 bits per heavy atom. The quantitative estimate of drug-likeness (QED) is 0.638. The van der Waals surface area contributed by atoms with Crippen LogP contribution >= 0.6 is 7.37 Å². The molecule has 0 radical (unpaired) electrons. The molecule has 2 rings (SSSR count). The largest absolute Gasteiger partial charge is 0.504 e. The number of rotatable bonds is 8. The van der Waals surface area contributed by atoms with Crippen molar-refractivity contribution in [1.82, 2.24) is 9.97 Å². The summed E-state index contributed by atoms with van der Waals surface area (Å²) in [6, 6.07) is 3.41. The summed E-state index contributed by atoms with van der Waals surface area (Å²) < 4.78 is 24.4. The van der Waals surface area contributed by atoms with Crippen LogP contribution in [0.1, 0.15) is 30.7 Å². The molecule has 2 N–H and O–H groups in total. The smallest absolute Gasteiger partial charge is 0.233 e. The summed E-state index contributed by atoms with van der Waals surface area (Å²) in [6.45, 7) is 7.56. The molecule has 7 nitrogen and oxygen atoms in total. The third kappa shape index (κ3) is 4.87. The van der Waals surface area contributed by atoms with E-state index in [1.54, 1.807) is 37.7 Å². The number of phenolic OH excluding ortho intramolecular Hbond substituents is 1. The lowest BCUT2D eigenvalue weighted by Gasteiger charge is -2.21. The average molecular weight is 391 g/mol. The van der Waals surface area contributed by atoms with Crippen LogP contribution in [0.2, 0.25) is 0 Å². The highest BCUT2D eigenvalue weighted by atomic mass is 31.2. The molecule has 0 aliphatic heterocycles. The molecule has 2 aromatic rings. The second kappa shape index (κ2) is 9.02. The molecule has 1 heterocycles. The van der Waals surface area contributed by atoms with Gasteiger partial charge in [-0.15, -0.1) is 0 Å². The second-order valence-corrected chi connectivity index (χ2v) is 8.69. The van der Waals surface area contributed by atoms with E-state index in [-0.39, 0.29) is 5.75 Å². The summed E-state index contributed by atoms with van der Waals surface area (Å²) in [5.74, 6) is 0.894. The summed E-state index contributed by atoms with van der Waals surface area (Å²) in [5.41, 5.74) is 2.06. The lowest BCUT2D eigenvalue weighted by atomic mass is 10.1. The van der Waals surface area contributed by atoms with Gasteiger partial charge in [0, 0.05) is 12.4 Å². The highest BCUT2D eigenvalue weighted by Crippen LogP contribution is 2.59. The Morgan fingerprint density at radius 2 is 2.00 bits per heavy atom. The van der Waals surface area contributed by atoms with Gasteiger partial charge in [0.05, 0.1) is 37.1 Å². The van der Waals surface area contributed by atoms with Gasteiger partial charge in [-0.05, 0) is 44.0 Å². The average Bonchev–Trinajstić information content (AvgIpc) is 2.66. The van der Waals surface area contributed by atoms with E-state index < -0.39 is 7.37 Å². The number of methoxy groups -OCH3 is 1. The standard InChI is InChI=1S/C19H26N3O4P/c1-6-26-27(24,7-2)17(11-22-18-12-20-14(4)10-21-18)15-8-13(3)19(23)16(9-15)25-5/h8-12,23H,6-7H2,1-5H3,(H,21,22). The van der Waals surface area contributed by atoms with Gasteiger partial charge in [0.2, 0.25) is 7.37 Å². The van der Waals surface area contributed by atoms with Crippen molar-refractivity contribution >= 4 is 18.5 Å². The molecule has 146 valence electrons. The van der Waals surface area contributed by atoms with E-state index in [0.29, 0.717) is 40.8 Å². The van der Waals surface area contributed by atoms with Crippen molar-refractivity contribution in [2.75, 3.05) is 25.2 Å². The molecule has 0 aliphatic carbocycles. The van der Waals surface area contributed by atoms with Crippen molar-refractivity contribution in [2.24, 2.45) is 0 Å². The summed E-state index contributed by atoms with van der Waals surface area (Å²) in [5, 5.41) is 13.7. The maximum atomic E-state index is 13.5. The van der Waals surface area contributed by atoms with Crippen LogP contribution in [0.25, 0.3) is 5.31 Å². The molecular weight excluding hydrogens is 365 g/mol. The molecule has 0 aliphatic rings. The molecule has 1 unspecified atom stereocenters. The second-order valence-electron chi connectivity index (χ2n) is 5.97. The van der Waals surface area contributed by atoms with Crippen molar-refractivity contribution in [2.45, 2.75) is 27.7 Å². The van der Waals surface area contributed by atoms with Gasteiger partial charge in [-0.1, -0.05) is 6.92 Å². The summed E-state index contributed by atoms with van der Waals surface area (Å²) in [6.07, 6.45) is 5.20. The van der Waals surface area contributed by atoms with Gasteiger partial charge in [0.1, 0.15) is 5.82 Å². The number of ether oxygens (including phenoxy) is 1. The molecule has 1 aromatic heterocycles. The Balaban J connectivity index is 2.56. The molecule has 0 saturated carbocycles. The van der Waals surface area contributed by atoms with Crippen LogP contribution in [0, 0.1) is 13.8 Å². The molecule has 1 aromatic carbocycles. The third-order valence-electron chi connectivity index (χ3n) is 4.04. The minimum atomic E-state index is -3.13. The van der Waals surface area contributed by atoms with Gasteiger partial charge in [-0.2, -0.15) is 0 Å². The van der Waals surface area contributed by atoms with E-state index >= 15 is 0 Å². The molecule has 0 amide bonds. The summed E-state index contributed by atoms with van der Waals surface area (Å²) in [4.78, 5) is 8.44. The van der Waals surface area contributed by atoms with Crippen molar-refractivity contribution in [3.8, 4) is 11.5 Å². The predicted octanol–water partition coefficient (Wildman–Crippen LogP) is 4.55. The van der Waals surface area contributed by atoms with Gasteiger partial charge in [-0.25, -0.2) is 4.98 Å². The van der Waals surface area contributed by atoms with Crippen LogP contribution in [0.3, 0.4) is 0 Å². The first-order valence-corrected chi connectivity index (χ1v) is 10.5. The van der Waals surface area contributed by atoms with Gasteiger partial charge in [-0.3, -0.25) is 9.55 Å². The first kappa shape index (κ1) is 20.9. The van der Waals surface area contributed by atoms with Crippen LogP contribution in [0.5, 0.6) is 11.5 Å². The number of hydrogen-bond acceptors (Lipinski definition) is 7. The van der Waals surface area contributed by atoms with E-state index in [4.69, 9.17) is 9.26 Å². The minimum Gasteiger partial charge on any atom is -0.504 e. The SMILES string of the molecule is CCOP(=O)(CC)C(=CNc1cnc(C)cn1)c1cc(C)c(O)c(OC)c1.